The number of hydrogen-bond acceptors (Lipinski definition) is 5. The fourth-order valence-corrected chi connectivity index (χ4v) is 2.93. The van der Waals surface area contributed by atoms with Gasteiger partial charge in [0.1, 0.15) is 17.1 Å². The first-order valence-corrected chi connectivity index (χ1v) is 8.56. The van der Waals surface area contributed by atoms with E-state index in [9.17, 15) is 9.59 Å². The van der Waals surface area contributed by atoms with E-state index in [4.69, 9.17) is 13.9 Å². The summed E-state index contributed by atoms with van der Waals surface area (Å²) in [6, 6.07) is 12.4. The number of nitrogens with one attached hydrogen (secondary N) is 1. The maximum absolute atomic E-state index is 12.3. The standard InChI is InChI=1S/C21H21NO5/c1-13-17-9-8-16(26-3)12-19(17)27-21(24)18(13)10-11-20(23)22-14-4-6-15(25-2)7-5-14/h4-9,12H,10-11H2,1-3H3,(H,22,23). The van der Waals surface area contributed by atoms with E-state index in [1.165, 1.54) is 0 Å². The molecule has 0 radical (unpaired) electrons. The second-order valence-corrected chi connectivity index (χ2v) is 6.13. The van der Waals surface area contributed by atoms with Crippen LogP contribution in [0.15, 0.2) is 51.7 Å². The van der Waals surface area contributed by atoms with E-state index in [0.717, 1.165) is 10.9 Å². The molecule has 2 aromatic carbocycles. The van der Waals surface area contributed by atoms with Gasteiger partial charge >= 0.3 is 5.63 Å². The van der Waals surface area contributed by atoms with Crippen molar-refractivity contribution in [1.29, 1.82) is 0 Å². The number of aryl methyl sites for hydroxylation is 1. The third kappa shape index (κ3) is 4.11. The molecule has 1 heterocycles. The predicted molar refractivity (Wildman–Crippen MR) is 104 cm³/mol. The molecule has 6 heteroatoms. The molecule has 0 aliphatic rings. The summed E-state index contributed by atoms with van der Waals surface area (Å²) in [5.41, 5.74) is 2.06. The second kappa shape index (κ2) is 7.95. The normalized spacial score (nSPS) is 10.6. The van der Waals surface area contributed by atoms with Gasteiger partial charge in [-0.05, 0) is 55.3 Å². The Hall–Kier alpha value is -3.28. The summed E-state index contributed by atoms with van der Waals surface area (Å²) in [5.74, 6) is 1.17. The fourth-order valence-electron chi connectivity index (χ4n) is 2.93. The van der Waals surface area contributed by atoms with Gasteiger partial charge in [0.15, 0.2) is 0 Å². The van der Waals surface area contributed by atoms with Gasteiger partial charge in [0.05, 0.1) is 14.2 Å². The van der Waals surface area contributed by atoms with E-state index in [-0.39, 0.29) is 12.3 Å². The van der Waals surface area contributed by atoms with Crippen LogP contribution >= 0.6 is 0 Å². The summed E-state index contributed by atoms with van der Waals surface area (Å²) < 4.78 is 15.7. The molecule has 1 aromatic heterocycles. The molecule has 0 saturated heterocycles. The summed E-state index contributed by atoms with van der Waals surface area (Å²) in [4.78, 5) is 24.6. The number of amides is 1. The molecular formula is C21H21NO5. The van der Waals surface area contributed by atoms with Crippen molar-refractivity contribution in [3.05, 3.63) is 64.0 Å². The van der Waals surface area contributed by atoms with Crippen LogP contribution in [0.2, 0.25) is 0 Å². The quantitative estimate of drug-likeness (QED) is 0.672. The second-order valence-electron chi connectivity index (χ2n) is 6.13. The van der Waals surface area contributed by atoms with E-state index < -0.39 is 5.63 Å². The summed E-state index contributed by atoms with van der Waals surface area (Å²) in [7, 11) is 3.14. The molecule has 1 amide bonds. The number of carbonyl (C=O) groups is 1. The highest BCUT2D eigenvalue weighted by atomic mass is 16.5. The Morgan fingerprint density at radius 3 is 2.37 bits per heavy atom. The van der Waals surface area contributed by atoms with Crippen LogP contribution in [0.3, 0.4) is 0 Å². The molecule has 0 unspecified atom stereocenters. The van der Waals surface area contributed by atoms with Crippen molar-refractivity contribution < 1.29 is 18.7 Å². The van der Waals surface area contributed by atoms with Crippen LogP contribution < -0.4 is 20.4 Å². The van der Waals surface area contributed by atoms with E-state index >= 15 is 0 Å². The van der Waals surface area contributed by atoms with Gasteiger partial charge in [0.25, 0.3) is 0 Å². The Kier molecular flexibility index (Phi) is 5.45. The predicted octanol–water partition coefficient (Wildman–Crippen LogP) is 3.69. The lowest BCUT2D eigenvalue weighted by atomic mass is 10.0. The van der Waals surface area contributed by atoms with Crippen molar-refractivity contribution in [3.8, 4) is 11.5 Å². The largest absolute Gasteiger partial charge is 0.497 e. The third-order valence-electron chi connectivity index (χ3n) is 4.47. The van der Waals surface area contributed by atoms with Crippen molar-refractivity contribution in [3.63, 3.8) is 0 Å². The van der Waals surface area contributed by atoms with Gasteiger partial charge in [-0.3, -0.25) is 4.79 Å². The van der Waals surface area contributed by atoms with Crippen molar-refractivity contribution >= 4 is 22.6 Å². The minimum atomic E-state index is -0.425. The molecule has 0 spiro atoms. The fraction of sp³-hybridized carbons (Fsp3) is 0.238. The average molecular weight is 367 g/mol. The van der Waals surface area contributed by atoms with Crippen LogP contribution in [0.5, 0.6) is 11.5 Å². The topological polar surface area (TPSA) is 77.8 Å². The molecule has 0 aliphatic heterocycles. The summed E-state index contributed by atoms with van der Waals surface area (Å²) in [6.07, 6.45) is 0.484. The lowest BCUT2D eigenvalue weighted by molar-refractivity contribution is -0.116. The lowest BCUT2D eigenvalue weighted by Gasteiger charge is -2.09. The zero-order chi connectivity index (χ0) is 19.4. The Bertz CT molecular complexity index is 1020. The number of anilines is 1. The van der Waals surface area contributed by atoms with Crippen LogP contribution in [0.25, 0.3) is 11.0 Å². The smallest absolute Gasteiger partial charge is 0.339 e. The van der Waals surface area contributed by atoms with Gasteiger partial charge in [0.2, 0.25) is 5.91 Å². The van der Waals surface area contributed by atoms with Crippen molar-refractivity contribution in [2.45, 2.75) is 19.8 Å². The lowest BCUT2D eigenvalue weighted by Crippen LogP contribution is -2.16. The Labute approximate surface area is 156 Å². The van der Waals surface area contributed by atoms with E-state index in [1.54, 1.807) is 44.6 Å². The number of hydrogen-bond donors (Lipinski definition) is 1. The molecule has 0 aliphatic carbocycles. The highest BCUT2D eigenvalue weighted by molar-refractivity contribution is 5.91. The van der Waals surface area contributed by atoms with Gasteiger partial charge < -0.3 is 19.2 Å². The molecule has 6 nitrogen and oxygen atoms in total. The van der Waals surface area contributed by atoms with Crippen LogP contribution in [-0.4, -0.2) is 20.1 Å². The Balaban J connectivity index is 1.74. The highest BCUT2D eigenvalue weighted by Crippen LogP contribution is 2.24. The van der Waals surface area contributed by atoms with E-state index in [0.29, 0.717) is 34.8 Å². The summed E-state index contributed by atoms with van der Waals surface area (Å²) in [6.45, 7) is 1.86. The number of methoxy groups -OCH3 is 2. The first-order valence-electron chi connectivity index (χ1n) is 8.56. The molecule has 0 bridgehead atoms. The van der Waals surface area contributed by atoms with Crippen LogP contribution in [-0.2, 0) is 11.2 Å². The molecule has 140 valence electrons. The first kappa shape index (κ1) is 18.5. The monoisotopic (exact) mass is 367 g/mol. The van der Waals surface area contributed by atoms with Crippen LogP contribution in [0, 0.1) is 6.92 Å². The van der Waals surface area contributed by atoms with Crippen molar-refractivity contribution in [2.75, 3.05) is 19.5 Å². The van der Waals surface area contributed by atoms with E-state index in [2.05, 4.69) is 5.32 Å². The molecule has 27 heavy (non-hydrogen) atoms. The van der Waals surface area contributed by atoms with Gasteiger partial charge in [-0.2, -0.15) is 0 Å². The zero-order valence-corrected chi connectivity index (χ0v) is 15.5. The number of ether oxygens (including phenoxy) is 2. The van der Waals surface area contributed by atoms with Crippen LogP contribution in [0.1, 0.15) is 17.5 Å². The molecular weight excluding hydrogens is 346 g/mol. The average Bonchev–Trinajstić information content (AvgIpc) is 2.67. The Morgan fingerprint density at radius 2 is 1.70 bits per heavy atom. The molecule has 0 saturated carbocycles. The molecule has 3 rings (SSSR count). The van der Waals surface area contributed by atoms with Crippen molar-refractivity contribution in [2.24, 2.45) is 0 Å². The van der Waals surface area contributed by atoms with E-state index in [1.807, 2.05) is 19.1 Å². The number of fused-ring (bicyclic) bond motifs is 1. The molecule has 3 aromatic rings. The van der Waals surface area contributed by atoms with Crippen molar-refractivity contribution in [1.82, 2.24) is 0 Å². The summed E-state index contributed by atoms with van der Waals surface area (Å²) in [5, 5.41) is 3.65. The Morgan fingerprint density at radius 1 is 1.04 bits per heavy atom. The van der Waals surface area contributed by atoms with Gasteiger partial charge in [0, 0.05) is 29.1 Å². The summed E-state index contributed by atoms with van der Waals surface area (Å²) >= 11 is 0. The van der Waals surface area contributed by atoms with Gasteiger partial charge in [-0.1, -0.05) is 0 Å². The van der Waals surface area contributed by atoms with Gasteiger partial charge in [-0.25, -0.2) is 4.79 Å². The minimum absolute atomic E-state index is 0.172. The SMILES string of the molecule is COc1ccc(NC(=O)CCc2c(C)c3ccc(OC)cc3oc2=O)cc1. The maximum Gasteiger partial charge on any atom is 0.339 e. The number of carbonyl (C=O) groups excluding carboxylic acids is 1. The van der Waals surface area contributed by atoms with Gasteiger partial charge in [-0.15, -0.1) is 0 Å². The number of rotatable bonds is 6. The number of benzene rings is 2. The third-order valence-corrected chi connectivity index (χ3v) is 4.47. The first-order chi connectivity index (χ1) is 13.0. The highest BCUT2D eigenvalue weighted by Gasteiger charge is 2.14. The van der Waals surface area contributed by atoms with Crippen LogP contribution in [0.4, 0.5) is 5.69 Å². The minimum Gasteiger partial charge on any atom is -0.497 e. The molecule has 0 atom stereocenters. The molecule has 0 fully saturated rings. The maximum atomic E-state index is 12.3. The zero-order valence-electron chi connectivity index (χ0n) is 15.5. The molecule has 1 N–H and O–H groups in total.